The number of pyridine rings is 1. The van der Waals surface area contributed by atoms with E-state index in [0.29, 0.717) is 0 Å². The third kappa shape index (κ3) is 3.20. The first-order valence-electron chi connectivity index (χ1n) is 4.06. The molecule has 0 aliphatic carbocycles. The van der Waals surface area contributed by atoms with Crippen molar-refractivity contribution in [2.75, 3.05) is 0 Å². The highest BCUT2D eigenvalue weighted by molar-refractivity contribution is 4.83. The van der Waals surface area contributed by atoms with Crippen molar-refractivity contribution in [3.8, 4) is 0 Å². The van der Waals surface area contributed by atoms with Crippen LogP contribution in [-0.4, -0.2) is 0 Å². The number of nitrogens with zero attached hydrogens (tertiary/aromatic N) is 1. The Bertz CT molecular complexity index is 201. The molecule has 1 heterocycles. The summed E-state index contributed by atoms with van der Waals surface area (Å²) in [5.41, 5.74) is 5.87. The molecule has 0 bridgehead atoms. The predicted octanol–water partition coefficient (Wildman–Crippen LogP) is -1.76. The molecule has 12 heavy (non-hydrogen) atoms. The van der Waals surface area contributed by atoms with Crippen LogP contribution in [0.15, 0.2) is 30.6 Å². The molecule has 1 aromatic rings. The number of hydrogen-bond acceptors (Lipinski definition) is 1. The van der Waals surface area contributed by atoms with Gasteiger partial charge in [-0.25, -0.2) is 0 Å². The lowest BCUT2D eigenvalue weighted by atomic mass is 10.3. The number of hydrogen-bond donors (Lipinski definition) is 1. The highest BCUT2D eigenvalue weighted by Gasteiger charge is 2.08. The molecule has 0 aromatic carbocycles. The quantitative estimate of drug-likeness (QED) is 0.557. The van der Waals surface area contributed by atoms with Crippen LogP contribution in [-0.2, 0) is 0 Å². The van der Waals surface area contributed by atoms with Gasteiger partial charge in [0.15, 0.2) is 12.4 Å². The Morgan fingerprint density at radius 3 is 2.33 bits per heavy atom. The number of rotatable bonds is 3. The Morgan fingerprint density at radius 1 is 1.25 bits per heavy atom. The molecule has 0 fully saturated rings. The Labute approximate surface area is 79.8 Å². The molecule has 1 rings (SSSR count). The van der Waals surface area contributed by atoms with Crippen molar-refractivity contribution >= 4 is 0 Å². The van der Waals surface area contributed by atoms with Crippen molar-refractivity contribution in [1.82, 2.24) is 0 Å². The number of halogens is 1. The minimum Gasteiger partial charge on any atom is -1.00 e. The molecule has 2 N–H and O–H groups in total. The Kier molecular flexibility index (Phi) is 5.68. The van der Waals surface area contributed by atoms with Crippen LogP contribution in [0.4, 0.5) is 0 Å². The van der Waals surface area contributed by atoms with Gasteiger partial charge in [0.05, 0.1) is 0 Å². The third-order valence-electron chi connectivity index (χ3n) is 1.71. The standard InChI is InChI=1S/C9H15N2.ClH/c1-2-6-9(10)11-7-4-3-5-8-11;/h3-5,7-9H,2,6,10H2,1H3;1H/q+1;/p-1. The van der Waals surface area contributed by atoms with Gasteiger partial charge in [-0.3, -0.25) is 5.73 Å². The maximum atomic E-state index is 5.87. The van der Waals surface area contributed by atoms with Crippen LogP contribution in [0.2, 0.25) is 0 Å². The van der Waals surface area contributed by atoms with Crippen LogP contribution >= 0.6 is 0 Å². The third-order valence-corrected chi connectivity index (χ3v) is 1.71. The normalized spacial score (nSPS) is 11.8. The van der Waals surface area contributed by atoms with E-state index in [9.17, 15) is 0 Å². The highest BCUT2D eigenvalue weighted by atomic mass is 35.5. The van der Waals surface area contributed by atoms with E-state index in [-0.39, 0.29) is 18.6 Å². The second-order valence-electron chi connectivity index (χ2n) is 2.68. The SMILES string of the molecule is CCCC(N)[n+]1ccccc1.[Cl-]. The van der Waals surface area contributed by atoms with Gasteiger partial charge >= 0.3 is 0 Å². The van der Waals surface area contributed by atoms with Gasteiger partial charge in [0, 0.05) is 18.6 Å². The van der Waals surface area contributed by atoms with Gasteiger partial charge in [0.1, 0.15) is 0 Å². The van der Waals surface area contributed by atoms with Gasteiger partial charge in [-0.2, -0.15) is 4.57 Å². The van der Waals surface area contributed by atoms with Gasteiger partial charge < -0.3 is 12.4 Å². The van der Waals surface area contributed by atoms with Crippen molar-refractivity contribution in [3.05, 3.63) is 30.6 Å². The van der Waals surface area contributed by atoms with Crippen LogP contribution in [0, 0.1) is 0 Å². The molecule has 3 heteroatoms. The zero-order valence-corrected chi connectivity index (χ0v) is 8.04. The molecule has 1 aromatic heterocycles. The molecule has 0 aliphatic rings. The van der Waals surface area contributed by atoms with Gasteiger partial charge in [-0.1, -0.05) is 13.0 Å². The summed E-state index contributed by atoms with van der Waals surface area (Å²) < 4.78 is 2.03. The summed E-state index contributed by atoms with van der Waals surface area (Å²) in [6.07, 6.45) is 6.31. The average Bonchev–Trinajstić information content (AvgIpc) is 2.07. The number of nitrogens with two attached hydrogens (primary N) is 1. The van der Waals surface area contributed by atoms with Crippen LogP contribution in [0.3, 0.4) is 0 Å². The lowest BCUT2D eigenvalue weighted by Crippen LogP contribution is -3.00. The summed E-state index contributed by atoms with van der Waals surface area (Å²) in [5, 5.41) is 0. The summed E-state index contributed by atoms with van der Waals surface area (Å²) in [4.78, 5) is 0. The minimum atomic E-state index is 0. The monoisotopic (exact) mass is 186 g/mol. The van der Waals surface area contributed by atoms with E-state index in [1.807, 2.05) is 35.2 Å². The zero-order chi connectivity index (χ0) is 8.10. The molecule has 2 nitrogen and oxygen atoms in total. The first kappa shape index (κ1) is 11.4. The molecule has 1 unspecified atom stereocenters. The van der Waals surface area contributed by atoms with Crippen LogP contribution in [0.25, 0.3) is 0 Å². The molecule has 0 amide bonds. The molecule has 0 aliphatic heterocycles. The molecule has 0 saturated heterocycles. The summed E-state index contributed by atoms with van der Waals surface area (Å²) in [6.45, 7) is 2.14. The fraction of sp³-hybridized carbons (Fsp3) is 0.444. The Balaban J connectivity index is 0.00000121. The maximum Gasteiger partial charge on any atom is 0.209 e. The van der Waals surface area contributed by atoms with E-state index in [4.69, 9.17) is 5.73 Å². The first-order chi connectivity index (χ1) is 5.34. The predicted molar refractivity (Wildman–Crippen MR) is 44.8 cm³/mol. The molecule has 0 spiro atoms. The van der Waals surface area contributed by atoms with E-state index >= 15 is 0 Å². The van der Waals surface area contributed by atoms with Gasteiger partial charge in [-0.05, 0) is 6.42 Å². The summed E-state index contributed by atoms with van der Waals surface area (Å²) in [5.74, 6) is 0. The summed E-state index contributed by atoms with van der Waals surface area (Å²) in [7, 11) is 0. The van der Waals surface area contributed by atoms with E-state index in [0.717, 1.165) is 12.8 Å². The van der Waals surface area contributed by atoms with Crippen LogP contribution in [0.1, 0.15) is 25.9 Å². The second kappa shape index (κ2) is 5.98. The van der Waals surface area contributed by atoms with Gasteiger partial charge in [0.25, 0.3) is 0 Å². The van der Waals surface area contributed by atoms with Crippen molar-refractivity contribution in [2.24, 2.45) is 5.73 Å². The van der Waals surface area contributed by atoms with Gasteiger partial charge in [-0.15, -0.1) is 0 Å². The smallest absolute Gasteiger partial charge is 0.209 e. The minimum absolute atomic E-state index is 0. The van der Waals surface area contributed by atoms with E-state index in [2.05, 4.69) is 6.92 Å². The Morgan fingerprint density at radius 2 is 1.83 bits per heavy atom. The molecule has 1 atom stereocenters. The van der Waals surface area contributed by atoms with Crippen molar-refractivity contribution < 1.29 is 17.0 Å². The van der Waals surface area contributed by atoms with Crippen molar-refractivity contribution in [2.45, 2.75) is 25.9 Å². The van der Waals surface area contributed by atoms with Crippen molar-refractivity contribution in [1.29, 1.82) is 0 Å². The van der Waals surface area contributed by atoms with Crippen LogP contribution in [0.5, 0.6) is 0 Å². The topological polar surface area (TPSA) is 29.9 Å². The highest BCUT2D eigenvalue weighted by Crippen LogP contribution is 1.96. The number of aromatic nitrogens is 1. The van der Waals surface area contributed by atoms with E-state index in [1.54, 1.807) is 0 Å². The molecule has 0 radical (unpaired) electrons. The molecule has 0 saturated carbocycles. The maximum absolute atomic E-state index is 5.87. The molecular formula is C9H15ClN2. The summed E-state index contributed by atoms with van der Waals surface area (Å²) >= 11 is 0. The van der Waals surface area contributed by atoms with Gasteiger partial charge in [0.2, 0.25) is 6.17 Å². The van der Waals surface area contributed by atoms with E-state index < -0.39 is 0 Å². The fourth-order valence-corrected chi connectivity index (χ4v) is 1.08. The fourth-order valence-electron chi connectivity index (χ4n) is 1.08. The van der Waals surface area contributed by atoms with Crippen LogP contribution < -0.4 is 22.7 Å². The first-order valence-corrected chi connectivity index (χ1v) is 4.06. The molecular weight excluding hydrogens is 172 g/mol. The zero-order valence-electron chi connectivity index (χ0n) is 7.28. The molecule has 68 valence electrons. The van der Waals surface area contributed by atoms with Crippen molar-refractivity contribution in [3.63, 3.8) is 0 Å². The second-order valence-corrected chi connectivity index (χ2v) is 2.68. The average molecular weight is 187 g/mol. The lowest BCUT2D eigenvalue weighted by Gasteiger charge is -2.03. The largest absolute Gasteiger partial charge is 1.00 e. The lowest BCUT2D eigenvalue weighted by molar-refractivity contribution is -0.723. The van der Waals surface area contributed by atoms with E-state index in [1.165, 1.54) is 0 Å². The Hall–Kier alpha value is -0.600. The summed E-state index contributed by atoms with van der Waals surface area (Å²) in [6, 6.07) is 5.99.